The first-order chi connectivity index (χ1) is 13.8. The van der Waals surface area contributed by atoms with Gasteiger partial charge < -0.3 is 10.2 Å². The smallest absolute Gasteiger partial charge is 0.185 e. The fraction of sp³-hybridized carbons (Fsp3) is 0.318. The molecule has 0 saturated heterocycles. The number of halogens is 1. The predicted octanol–water partition coefficient (Wildman–Crippen LogP) is 3.88. The van der Waals surface area contributed by atoms with E-state index in [1.54, 1.807) is 16.6 Å². The first kappa shape index (κ1) is 19.3. The van der Waals surface area contributed by atoms with Crippen molar-refractivity contribution >= 4 is 17.0 Å². The van der Waals surface area contributed by atoms with Crippen molar-refractivity contribution in [2.24, 2.45) is 5.41 Å². The summed E-state index contributed by atoms with van der Waals surface area (Å²) in [6, 6.07) is 8.19. The Balaban J connectivity index is 1.72. The van der Waals surface area contributed by atoms with E-state index >= 15 is 0 Å². The van der Waals surface area contributed by atoms with Crippen molar-refractivity contribution in [1.82, 2.24) is 24.7 Å². The molecule has 0 fully saturated rings. The van der Waals surface area contributed by atoms with Crippen LogP contribution in [0.3, 0.4) is 0 Å². The number of allylic oxidation sites excluding steroid dienone is 4. The lowest BCUT2D eigenvalue weighted by Gasteiger charge is -2.29. The van der Waals surface area contributed by atoms with Gasteiger partial charge in [-0.1, -0.05) is 32.1 Å². The lowest BCUT2D eigenvalue weighted by molar-refractivity contribution is 0.254. The van der Waals surface area contributed by atoms with Crippen molar-refractivity contribution in [3.63, 3.8) is 0 Å². The molecule has 3 aromatic rings. The number of anilines is 1. The molecule has 0 unspecified atom stereocenters. The monoisotopic (exact) mass is 392 g/mol. The fourth-order valence-electron chi connectivity index (χ4n) is 3.57. The van der Waals surface area contributed by atoms with Gasteiger partial charge in [-0.15, -0.1) is 15.3 Å². The minimum Gasteiger partial charge on any atom is -0.368 e. The number of fused-ring (bicyclic) bond motifs is 1. The maximum absolute atomic E-state index is 13.3. The first-order valence-electron chi connectivity index (χ1n) is 9.62. The van der Waals surface area contributed by atoms with E-state index in [0.29, 0.717) is 11.5 Å². The van der Waals surface area contributed by atoms with Gasteiger partial charge in [-0.3, -0.25) is 0 Å². The van der Waals surface area contributed by atoms with Crippen molar-refractivity contribution in [3.05, 3.63) is 59.9 Å². The molecule has 0 spiro atoms. The topological polar surface area (TPSA) is 58.4 Å². The van der Waals surface area contributed by atoms with Gasteiger partial charge in [0.25, 0.3) is 0 Å². The average molecular weight is 392 g/mol. The highest BCUT2D eigenvalue weighted by molar-refractivity contribution is 5.87. The zero-order valence-electron chi connectivity index (χ0n) is 17.1. The number of benzene rings is 1. The molecule has 2 aromatic heterocycles. The van der Waals surface area contributed by atoms with E-state index in [9.17, 15) is 4.39 Å². The molecule has 0 atom stereocenters. The molecular weight excluding hydrogens is 367 g/mol. The summed E-state index contributed by atoms with van der Waals surface area (Å²) in [5.41, 5.74) is 3.59. The Bertz CT molecular complexity index is 1090. The minimum absolute atomic E-state index is 0.0637. The Kier molecular flexibility index (Phi) is 4.92. The molecule has 29 heavy (non-hydrogen) atoms. The molecule has 0 bridgehead atoms. The van der Waals surface area contributed by atoms with Gasteiger partial charge in [0, 0.05) is 24.2 Å². The number of rotatable bonds is 7. The van der Waals surface area contributed by atoms with Crippen LogP contribution in [0.4, 0.5) is 10.2 Å². The largest absolute Gasteiger partial charge is 0.368 e. The standard InChI is InChI=1S/C22H25FN6/c1-22(2,14-28(3)4)13-24-20-18(15-6-5-7-15)12-19-25-26-21(29(19)27-20)16-8-10-17(23)11-9-16/h5-12H,13-14H2,1-4H3,(H,24,27). The normalized spacial score (nSPS) is 13.7. The second-order valence-corrected chi connectivity index (χ2v) is 8.44. The highest BCUT2D eigenvalue weighted by Crippen LogP contribution is 2.30. The van der Waals surface area contributed by atoms with Crippen LogP contribution in [0, 0.1) is 11.2 Å². The molecule has 7 heteroatoms. The average Bonchev–Trinajstić information content (AvgIpc) is 3.01. The van der Waals surface area contributed by atoms with E-state index in [0.717, 1.165) is 35.6 Å². The maximum atomic E-state index is 13.3. The van der Waals surface area contributed by atoms with E-state index in [1.807, 2.05) is 12.1 Å². The van der Waals surface area contributed by atoms with Gasteiger partial charge in [-0.05, 0) is 55.4 Å². The Morgan fingerprint density at radius 2 is 1.86 bits per heavy atom. The van der Waals surface area contributed by atoms with Crippen LogP contribution in [0.1, 0.15) is 19.4 Å². The zero-order valence-corrected chi connectivity index (χ0v) is 17.1. The molecule has 6 nitrogen and oxygen atoms in total. The molecule has 1 aromatic carbocycles. The van der Waals surface area contributed by atoms with Crippen LogP contribution in [0.5, 0.6) is 0 Å². The molecule has 0 amide bonds. The van der Waals surface area contributed by atoms with Gasteiger partial charge in [0.15, 0.2) is 17.3 Å². The molecule has 1 aliphatic rings. The van der Waals surface area contributed by atoms with Gasteiger partial charge in [0.05, 0.1) is 0 Å². The van der Waals surface area contributed by atoms with E-state index < -0.39 is 0 Å². The summed E-state index contributed by atoms with van der Waals surface area (Å²) < 4.78 is 15.0. The molecular formula is C22H25FN6. The quantitative estimate of drug-likeness (QED) is 0.661. The Morgan fingerprint density at radius 3 is 2.48 bits per heavy atom. The molecule has 2 heterocycles. The lowest BCUT2D eigenvalue weighted by atomic mass is 9.92. The van der Waals surface area contributed by atoms with E-state index in [2.05, 4.69) is 60.5 Å². The fourth-order valence-corrected chi connectivity index (χ4v) is 3.57. The van der Waals surface area contributed by atoms with Crippen molar-refractivity contribution in [2.45, 2.75) is 13.8 Å². The molecule has 150 valence electrons. The molecule has 0 aliphatic heterocycles. The third-order valence-electron chi connectivity index (χ3n) is 4.84. The molecule has 0 radical (unpaired) electrons. The molecule has 0 saturated carbocycles. The van der Waals surface area contributed by atoms with Crippen molar-refractivity contribution < 1.29 is 4.39 Å². The Labute approximate surface area is 169 Å². The summed E-state index contributed by atoms with van der Waals surface area (Å²) in [6.45, 7) is 6.17. The third-order valence-corrected chi connectivity index (χ3v) is 4.84. The number of hydrogen-bond donors (Lipinski definition) is 1. The first-order valence-corrected chi connectivity index (χ1v) is 9.62. The van der Waals surface area contributed by atoms with E-state index in [1.165, 1.54) is 12.1 Å². The summed E-state index contributed by atoms with van der Waals surface area (Å²) >= 11 is 0. The van der Waals surface area contributed by atoms with Crippen LogP contribution in [-0.2, 0) is 0 Å². The van der Waals surface area contributed by atoms with Gasteiger partial charge in [-0.2, -0.15) is 4.52 Å². The molecule has 4 rings (SSSR count). The van der Waals surface area contributed by atoms with Gasteiger partial charge in [-0.25, -0.2) is 4.39 Å². The van der Waals surface area contributed by atoms with E-state index in [4.69, 9.17) is 5.10 Å². The lowest BCUT2D eigenvalue weighted by Crippen LogP contribution is -2.34. The SMILES string of the molecule is CN(C)CC(C)(C)CNc1nn2c(-c3ccc(F)cc3)nnc2cc1C1=CC=C1. The summed E-state index contributed by atoms with van der Waals surface area (Å²) in [6.07, 6.45) is 6.12. The highest BCUT2D eigenvalue weighted by atomic mass is 19.1. The third kappa shape index (κ3) is 4.05. The number of hydrogen-bond acceptors (Lipinski definition) is 5. The zero-order chi connectivity index (χ0) is 20.6. The van der Waals surface area contributed by atoms with Gasteiger partial charge >= 0.3 is 0 Å². The van der Waals surface area contributed by atoms with Crippen LogP contribution in [0.15, 0.2) is 48.6 Å². The van der Waals surface area contributed by atoms with Gasteiger partial charge in [0.2, 0.25) is 0 Å². The summed E-state index contributed by atoms with van der Waals surface area (Å²) in [5, 5.41) is 16.9. The van der Waals surface area contributed by atoms with Crippen molar-refractivity contribution in [1.29, 1.82) is 0 Å². The minimum atomic E-state index is -0.285. The van der Waals surface area contributed by atoms with Crippen LogP contribution < -0.4 is 5.32 Å². The number of nitrogens with zero attached hydrogens (tertiary/aromatic N) is 5. The van der Waals surface area contributed by atoms with Crippen LogP contribution in [0.2, 0.25) is 0 Å². The van der Waals surface area contributed by atoms with Crippen molar-refractivity contribution in [2.75, 3.05) is 32.5 Å². The van der Waals surface area contributed by atoms with Crippen LogP contribution >= 0.6 is 0 Å². The highest BCUT2D eigenvalue weighted by Gasteiger charge is 2.22. The van der Waals surface area contributed by atoms with E-state index in [-0.39, 0.29) is 11.2 Å². The number of nitrogens with one attached hydrogen (secondary N) is 1. The summed E-state index contributed by atoms with van der Waals surface area (Å²) in [5.74, 6) is 1.08. The summed E-state index contributed by atoms with van der Waals surface area (Å²) in [4.78, 5) is 2.18. The van der Waals surface area contributed by atoms with Crippen molar-refractivity contribution in [3.8, 4) is 11.4 Å². The van der Waals surface area contributed by atoms with Gasteiger partial charge in [0.1, 0.15) is 5.82 Å². The number of aromatic nitrogens is 4. The Morgan fingerprint density at radius 1 is 1.14 bits per heavy atom. The second kappa shape index (κ2) is 7.40. The molecule has 1 N–H and O–H groups in total. The van der Waals surface area contributed by atoms with Crippen LogP contribution in [-0.4, -0.2) is 51.9 Å². The van der Waals surface area contributed by atoms with Crippen LogP contribution in [0.25, 0.3) is 22.6 Å². The molecule has 1 aliphatic carbocycles. The second-order valence-electron chi connectivity index (χ2n) is 8.44. The Hall–Kier alpha value is -3.06. The maximum Gasteiger partial charge on any atom is 0.185 e. The predicted molar refractivity (Wildman–Crippen MR) is 114 cm³/mol. The summed E-state index contributed by atoms with van der Waals surface area (Å²) in [7, 11) is 4.15.